The molecule has 1 N–H and O–H groups in total. The Morgan fingerprint density at radius 1 is 1.35 bits per heavy atom. The first kappa shape index (κ1) is 24.7. The summed E-state index contributed by atoms with van der Waals surface area (Å²) in [6.07, 6.45) is 1.23. The van der Waals surface area contributed by atoms with E-state index in [9.17, 15) is 13.2 Å². The summed E-state index contributed by atoms with van der Waals surface area (Å²) < 4.78 is 28.0. The van der Waals surface area contributed by atoms with E-state index in [2.05, 4.69) is 29.4 Å². The lowest BCUT2D eigenvalue weighted by atomic mass is 9.99. The molecule has 12 heteroatoms. The Bertz CT molecular complexity index is 1030. The first-order chi connectivity index (χ1) is 14.6. The molecular formula is C19H24Cl2N4O3S3. The van der Waals surface area contributed by atoms with Crippen LogP contribution in [0.25, 0.3) is 0 Å². The molecule has 1 amide bonds. The number of carbonyl (C=O) groups excluding carboxylic acids is 1. The molecule has 0 unspecified atom stereocenters. The zero-order chi connectivity index (χ0) is 22.6. The molecule has 3 rings (SSSR count). The first-order valence-corrected chi connectivity index (χ1v) is 14.0. The maximum absolute atomic E-state index is 12.9. The van der Waals surface area contributed by atoms with Gasteiger partial charge in [0.25, 0.3) is 0 Å². The van der Waals surface area contributed by atoms with Gasteiger partial charge in [-0.25, -0.2) is 12.7 Å². The average Bonchev–Trinajstić information content (AvgIpc) is 3.16. The van der Waals surface area contributed by atoms with Gasteiger partial charge in [0, 0.05) is 28.9 Å². The van der Waals surface area contributed by atoms with E-state index in [1.807, 2.05) is 0 Å². The number of anilines is 1. The number of piperidine rings is 1. The number of amides is 1. The van der Waals surface area contributed by atoms with Gasteiger partial charge >= 0.3 is 0 Å². The largest absolute Gasteiger partial charge is 0.300 e. The third kappa shape index (κ3) is 7.03. The zero-order valence-corrected chi connectivity index (χ0v) is 21.1. The summed E-state index contributed by atoms with van der Waals surface area (Å²) in [6, 6.07) is 4.75. The van der Waals surface area contributed by atoms with E-state index >= 15 is 0 Å². The van der Waals surface area contributed by atoms with Crippen LogP contribution in [0.1, 0.15) is 32.3 Å². The first-order valence-electron chi connectivity index (χ1n) is 9.83. The minimum absolute atomic E-state index is 0.132. The number of thioether (sulfide) groups is 1. The van der Waals surface area contributed by atoms with Gasteiger partial charge < -0.3 is 5.32 Å². The van der Waals surface area contributed by atoms with Crippen LogP contribution in [0.2, 0.25) is 10.0 Å². The number of halogens is 2. The SMILES string of the molecule is CC(C)CSc1nnc(NC(=O)[C@@H]2CCCN(S(=O)(=O)Cc3ccc(Cl)cc3Cl)C2)s1. The fourth-order valence-electron chi connectivity index (χ4n) is 3.10. The predicted octanol–water partition coefficient (Wildman–Crippen LogP) is 4.77. The van der Waals surface area contributed by atoms with Gasteiger partial charge in [-0.15, -0.1) is 10.2 Å². The van der Waals surface area contributed by atoms with Gasteiger partial charge in [0.1, 0.15) is 0 Å². The molecule has 2 aromatic rings. The van der Waals surface area contributed by atoms with E-state index in [0.717, 1.165) is 10.1 Å². The summed E-state index contributed by atoms with van der Waals surface area (Å²) in [5.74, 6) is 0.547. The highest BCUT2D eigenvalue weighted by Crippen LogP contribution is 2.29. The molecule has 7 nitrogen and oxygen atoms in total. The van der Waals surface area contributed by atoms with E-state index in [0.29, 0.717) is 46.0 Å². The van der Waals surface area contributed by atoms with Gasteiger partial charge in [-0.05, 0) is 36.5 Å². The molecule has 1 aliphatic heterocycles. The van der Waals surface area contributed by atoms with Gasteiger partial charge in [-0.3, -0.25) is 4.79 Å². The normalized spacial score (nSPS) is 17.8. The van der Waals surface area contributed by atoms with Crippen molar-refractivity contribution in [2.45, 2.75) is 36.8 Å². The molecule has 1 saturated heterocycles. The molecule has 170 valence electrons. The van der Waals surface area contributed by atoms with Gasteiger partial charge in [-0.2, -0.15) is 0 Å². The molecule has 0 bridgehead atoms. The van der Waals surface area contributed by atoms with Crippen molar-refractivity contribution in [2.24, 2.45) is 11.8 Å². The van der Waals surface area contributed by atoms with Crippen molar-refractivity contribution in [2.75, 3.05) is 24.2 Å². The van der Waals surface area contributed by atoms with E-state index in [1.54, 1.807) is 23.9 Å². The van der Waals surface area contributed by atoms with Gasteiger partial charge in [-0.1, -0.05) is 66.2 Å². The number of benzene rings is 1. The topological polar surface area (TPSA) is 92.3 Å². The molecule has 0 spiro atoms. The average molecular weight is 524 g/mol. The van der Waals surface area contributed by atoms with Crippen LogP contribution in [0.15, 0.2) is 22.5 Å². The van der Waals surface area contributed by atoms with Crippen molar-refractivity contribution in [3.05, 3.63) is 33.8 Å². The molecule has 1 aromatic carbocycles. The summed E-state index contributed by atoms with van der Waals surface area (Å²) in [5, 5.41) is 12.1. The van der Waals surface area contributed by atoms with Crippen LogP contribution in [0.4, 0.5) is 5.13 Å². The Morgan fingerprint density at radius 2 is 2.13 bits per heavy atom. The fourth-order valence-corrected chi connectivity index (χ4v) is 7.03. The number of hydrogen-bond acceptors (Lipinski definition) is 7. The van der Waals surface area contributed by atoms with Crippen LogP contribution in [0, 0.1) is 11.8 Å². The van der Waals surface area contributed by atoms with Gasteiger partial charge in [0.2, 0.25) is 21.1 Å². The van der Waals surface area contributed by atoms with E-state index in [-0.39, 0.29) is 18.2 Å². The Balaban J connectivity index is 1.61. The van der Waals surface area contributed by atoms with Crippen molar-refractivity contribution in [1.29, 1.82) is 0 Å². The smallest absolute Gasteiger partial charge is 0.230 e. The van der Waals surface area contributed by atoms with Crippen LogP contribution in [-0.2, 0) is 20.6 Å². The third-order valence-electron chi connectivity index (χ3n) is 4.68. The van der Waals surface area contributed by atoms with Crippen molar-refractivity contribution < 1.29 is 13.2 Å². The summed E-state index contributed by atoms with van der Waals surface area (Å²) >= 11 is 15.0. The molecule has 0 saturated carbocycles. The maximum atomic E-state index is 12.9. The molecular weight excluding hydrogens is 499 g/mol. The number of rotatable bonds is 8. The summed E-state index contributed by atoms with van der Waals surface area (Å²) in [4.78, 5) is 12.7. The van der Waals surface area contributed by atoms with E-state index < -0.39 is 15.9 Å². The third-order valence-corrected chi connectivity index (χ3v) is 9.46. The molecule has 1 atom stereocenters. The Kier molecular flexibility index (Phi) is 8.62. The Hall–Kier alpha value is -0.910. The minimum Gasteiger partial charge on any atom is -0.300 e. The van der Waals surface area contributed by atoms with Crippen molar-refractivity contribution >= 4 is 67.4 Å². The maximum Gasteiger partial charge on any atom is 0.230 e. The second-order valence-corrected chi connectivity index (χ2v) is 12.8. The zero-order valence-electron chi connectivity index (χ0n) is 17.2. The molecule has 0 aliphatic carbocycles. The van der Waals surface area contributed by atoms with Crippen LogP contribution < -0.4 is 5.32 Å². The monoisotopic (exact) mass is 522 g/mol. The van der Waals surface area contributed by atoms with E-state index in [1.165, 1.54) is 21.7 Å². The van der Waals surface area contributed by atoms with Crippen LogP contribution in [0.3, 0.4) is 0 Å². The summed E-state index contributed by atoms with van der Waals surface area (Å²) in [5.41, 5.74) is 0.484. The number of sulfonamides is 1. The van der Waals surface area contributed by atoms with E-state index in [4.69, 9.17) is 23.2 Å². The van der Waals surface area contributed by atoms with Crippen molar-refractivity contribution in [3.8, 4) is 0 Å². The predicted molar refractivity (Wildman–Crippen MR) is 127 cm³/mol. The van der Waals surface area contributed by atoms with Gasteiger partial charge in [0.15, 0.2) is 4.34 Å². The highest BCUT2D eigenvalue weighted by Gasteiger charge is 2.33. The van der Waals surface area contributed by atoms with Crippen molar-refractivity contribution in [3.63, 3.8) is 0 Å². The molecule has 0 radical (unpaired) electrons. The summed E-state index contributed by atoms with van der Waals surface area (Å²) in [7, 11) is -3.63. The Morgan fingerprint density at radius 3 is 2.84 bits per heavy atom. The second-order valence-electron chi connectivity index (χ2n) is 7.76. The number of aromatic nitrogens is 2. The molecule has 31 heavy (non-hydrogen) atoms. The quantitative estimate of drug-likeness (QED) is 0.396. The number of nitrogens with zero attached hydrogens (tertiary/aromatic N) is 3. The fraction of sp³-hybridized carbons (Fsp3) is 0.526. The van der Waals surface area contributed by atoms with Crippen LogP contribution in [-0.4, -0.2) is 47.7 Å². The lowest BCUT2D eigenvalue weighted by Crippen LogP contribution is -2.44. The number of nitrogens with one attached hydrogen (secondary N) is 1. The summed E-state index contributed by atoms with van der Waals surface area (Å²) in [6.45, 7) is 4.76. The standard InChI is InChI=1S/C19H24Cl2N4O3S3/c1-12(2)10-29-19-24-23-18(30-19)22-17(26)13-4-3-7-25(9-13)31(27,28)11-14-5-6-15(20)8-16(14)21/h5-6,8,12-13H,3-4,7,9-11H2,1-2H3,(H,22,23,26)/t13-/m1/s1. The minimum atomic E-state index is -3.63. The second kappa shape index (κ2) is 10.8. The lowest BCUT2D eigenvalue weighted by molar-refractivity contribution is -0.120. The molecule has 2 heterocycles. The Labute approximate surface area is 201 Å². The number of hydrogen-bond donors (Lipinski definition) is 1. The molecule has 1 aliphatic rings. The molecule has 1 aromatic heterocycles. The van der Waals surface area contributed by atoms with Crippen LogP contribution in [0.5, 0.6) is 0 Å². The number of carbonyl (C=O) groups is 1. The highest BCUT2D eigenvalue weighted by molar-refractivity contribution is 8.01. The van der Waals surface area contributed by atoms with Gasteiger partial charge in [0.05, 0.1) is 11.7 Å². The highest BCUT2D eigenvalue weighted by atomic mass is 35.5. The lowest BCUT2D eigenvalue weighted by Gasteiger charge is -2.31. The van der Waals surface area contributed by atoms with Crippen molar-refractivity contribution in [1.82, 2.24) is 14.5 Å². The molecule has 1 fully saturated rings. The van der Waals surface area contributed by atoms with Crippen LogP contribution >= 0.6 is 46.3 Å².